The molecule has 0 bridgehead atoms. The second-order valence-corrected chi connectivity index (χ2v) is 7.67. The van der Waals surface area contributed by atoms with Crippen molar-refractivity contribution in [2.24, 2.45) is 5.92 Å². The second kappa shape index (κ2) is 8.46. The van der Waals surface area contributed by atoms with Crippen molar-refractivity contribution in [2.75, 3.05) is 5.32 Å². The van der Waals surface area contributed by atoms with Gasteiger partial charge in [0.25, 0.3) is 0 Å². The number of halogens is 4. The molecule has 0 fully saturated rings. The molecule has 29 heavy (non-hydrogen) atoms. The van der Waals surface area contributed by atoms with Crippen molar-refractivity contribution in [3.8, 4) is 11.1 Å². The SMILES string of the molecule is O=C(O)c1c(-c2ccc(Cl)cc2)csc1NC(=O)C(CC1CC=CO1)C(F)(F)F. The number of carboxylic acid groups (broad SMARTS) is 1. The Morgan fingerprint density at radius 2 is 2.00 bits per heavy atom. The van der Waals surface area contributed by atoms with E-state index in [-0.39, 0.29) is 22.5 Å². The van der Waals surface area contributed by atoms with Crippen LogP contribution < -0.4 is 5.32 Å². The summed E-state index contributed by atoms with van der Waals surface area (Å²) in [5.41, 5.74) is 0.521. The van der Waals surface area contributed by atoms with Crippen molar-refractivity contribution < 1.29 is 32.6 Å². The van der Waals surface area contributed by atoms with Crippen LogP contribution >= 0.6 is 22.9 Å². The van der Waals surface area contributed by atoms with E-state index in [4.69, 9.17) is 16.3 Å². The molecule has 1 aliphatic heterocycles. The van der Waals surface area contributed by atoms with E-state index in [9.17, 15) is 27.9 Å². The quantitative estimate of drug-likeness (QED) is 0.609. The summed E-state index contributed by atoms with van der Waals surface area (Å²) in [4.78, 5) is 24.2. The lowest BCUT2D eigenvalue weighted by molar-refractivity contribution is -0.184. The maximum atomic E-state index is 13.4. The zero-order valence-electron chi connectivity index (χ0n) is 14.7. The summed E-state index contributed by atoms with van der Waals surface area (Å²) in [6.07, 6.45) is -2.94. The lowest BCUT2D eigenvalue weighted by Gasteiger charge is -2.22. The van der Waals surface area contributed by atoms with Crippen molar-refractivity contribution in [1.82, 2.24) is 0 Å². The number of ether oxygens (including phenoxy) is 1. The van der Waals surface area contributed by atoms with Crippen molar-refractivity contribution in [1.29, 1.82) is 0 Å². The number of amides is 1. The fourth-order valence-electron chi connectivity index (χ4n) is 2.94. The van der Waals surface area contributed by atoms with Gasteiger partial charge in [-0.15, -0.1) is 11.3 Å². The van der Waals surface area contributed by atoms with Gasteiger partial charge >= 0.3 is 12.1 Å². The number of carbonyl (C=O) groups is 2. The third kappa shape index (κ3) is 4.91. The van der Waals surface area contributed by atoms with Crippen LogP contribution in [0, 0.1) is 5.92 Å². The number of benzene rings is 1. The van der Waals surface area contributed by atoms with Crippen LogP contribution in [0.25, 0.3) is 11.1 Å². The molecule has 1 aromatic heterocycles. The van der Waals surface area contributed by atoms with Gasteiger partial charge in [0.2, 0.25) is 5.91 Å². The highest BCUT2D eigenvalue weighted by atomic mass is 35.5. The Balaban J connectivity index is 1.86. The largest absolute Gasteiger partial charge is 0.498 e. The number of rotatable bonds is 6. The fraction of sp³-hybridized carbons (Fsp3) is 0.263. The molecule has 0 spiro atoms. The van der Waals surface area contributed by atoms with Crippen LogP contribution in [0.4, 0.5) is 18.2 Å². The predicted octanol–water partition coefficient (Wildman–Crippen LogP) is 5.58. The molecule has 0 saturated heterocycles. The predicted molar refractivity (Wildman–Crippen MR) is 103 cm³/mol. The molecule has 5 nitrogen and oxygen atoms in total. The maximum Gasteiger partial charge on any atom is 0.400 e. The van der Waals surface area contributed by atoms with Crippen molar-refractivity contribution in [3.05, 3.63) is 52.6 Å². The number of hydrogen-bond donors (Lipinski definition) is 2. The number of nitrogens with one attached hydrogen (secondary N) is 1. The molecule has 2 heterocycles. The molecule has 10 heteroatoms. The third-order valence-electron chi connectivity index (χ3n) is 4.37. The summed E-state index contributed by atoms with van der Waals surface area (Å²) in [5, 5.41) is 13.5. The molecule has 154 valence electrons. The van der Waals surface area contributed by atoms with Gasteiger partial charge in [0.1, 0.15) is 22.6 Å². The minimum Gasteiger partial charge on any atom is -0.498 e. The lowest BCUT2D eigenvalue weighted by Crippen LogP contribution is -2.37. The Morgan fingerprint density at radius 3 is 2.55 bits per heavy atom. The number of carboxylic acids is 1. The van der Waals surface area contributed by atoms with Gasteiger partial charge in [-0.3, -0.25) is 4.79 Å². The highest BCUT2D eigenvalue weighted by Crippen LogP contribution is 2.38. The Labute approximate surface area is 172 Å². The number of thiophene rings is 1. The van der Waals surface area contributed by atoms with Gasteiger partial charge in [0, 0.05) is 28.8 Å². The highest BCUT2D eigenvalue weighted by molar-refractivity contribution is 7.15. The minimum atomic E-state index is -4.80. The molecule has 2 N–H and O–H groups in total. The van der Waals surface area contributed by atoms with Crippen molar-refractivity contribution >= 4 is 39.8 Å². The average Bonchev–Trinajstić information content (AvgIpc) is 3.29. The first-order chi connectivity index (χ1) is 13.7. The van der Waals surface area contributed by atoms with Crippen LogP contribution in [0.2, 0.25) is 5.02 Å². The summed E-state index contributed by atoms with van der Waals surface area (Å²) in [6, 6.07) is 6.30. The number of hydrogen-bond acceptors (Lipinski definition) is 4. The van der Waals surface area contributed by atoms with E-state index >= 15 is 0 Å². The van der Waals surface area contributed by atoms with Crippen LogP contribution in [-0.2, 0) is 9.53 Å². The van der Waals surface area contributed by atoms with Crippen LogP contribution in [0.15, 0.2) is 42.0 Å². The first-order valence-electron chi connectivity index (χ1n) is 8.45. The topological polar surface area (TPSA) is 75.6 Å². The normalized spacial score (nSPS) is 17.0. The van der Waals surface area contributed by atoms with Gasteiger partial charge in [-0.25, -0.2) is 4.79 Å². The molecule has 1 amide bonds. The number of anilines is 1. The maximum absolute atomic E-state index is 13.4. The fourth-order valence-corrected chi connectivity index (χ4v) is 4.03. The molecule has 2 aromatic rings. The minimum absolute atomic E-state index is 0.160. The lowest BCUT2D eigenvalue weighted by atomic mass is 9.98. The molecule has 2 unspecified atom stereocenters. The van der Waals surface area contributed by atoms with Crippen molar-refractivity contribution in [2.45, 2.75) is 25.1 Å². The molecule has 0 radical (unpaired) electrons. The average molecular weight is 446 g/mol. The van der Waals surface area contributed by atoms with Crippen LogP contribution in [0.5, 0.6) is 0 Å². The Morgan fingerprint density at radius 1 is 1.31 bits per heavy atom. The van der Waals surface area contributed by atoms with E-state index in [2.05, 4.69) is 5.32 Å². The van der Waals surface area contributed by atoms with Crippen LogP contribution in [0.3, 0.4) is 0 Å². The van der Waals surface area contributed by atoms with Gasteiger partial charge in [0.15, 0.2) is 0 Å². The zero-order chi connectivity index (χ0) is 21.2. The summed E-state index contributed by atoms with van der Waals surface area (Å²) >= 11 is 6.68. The van der Waals surface area contributed by atoms with Gasteiger partial charge in [-0.2, -0.15) is 13.2 Å². The molecule has 0 aliphatic carbocycles. The highest BCUT2D eigenvalue weighted by Gasteiger charge is 2.46. The van der Waals surface area contributed by atoms with E-state index in [1.807, 2.05) is 0 Å². The van der Waals surface area contributed by atoms with Gasteiger partial charge in [-0.1, -0.05) is 23.7 Å². The van der Waals surface area contributed by atoms with E-state index in [0.717, 1.165) is 11.3 Å². The van der Waals surface area contributed by atoms with E-state index < -0.39 is 36.5 Å². The summed E-state index contributed by atoms with van der Waals surface area (Å²) in [7, 11) is 0. The standard InChI is InChI=1S/C19H15ClF3NO4S/c20-11-5-3-10(4-6-11)13-9-29-17(15(13)18(26)27)24-16(25)14(19(21,22)23)8-12-2-1-7-28-12/h1,3-7,9,12,14H,2,8H2,(H,24,25)(H,26,27). The van der Waals surface area contributed by atoms with Crippen molar-refractivity contribution in [3.63, 3.8) is 0 Å². The number of carbonyl (C=O) groups excluding carboxylic acids is 1. The number of alkyl halides is 3. The number of aromatic carboxylic acids is 1. The summed E-state index contributed by atoms with van der Waals surface area (Å²) in [5.74, 6) is -5.01. The third-order valence-corrected chi connectivity index (χ3v) is 5.52. The van der Waals surface area contributed by atoms with E-state index in [1.54, 1.807) is 30.3 Å². The van der Waals surface area contributed by atoms with Crippen LogP contribution in [-0.4, -0.2) is 29.3 Å². The van der Waals surface area contributed by atoms with Gasteiger partial charge in [-0.05, 0) is 23.8 Å². The van der Waals surface area contributed by atoms with E-state index in [0.29, 0.717) is 10.6 Å². The molecule has 1 aromatic carbocycles. The van der Waals surface area contributed by atoms with E-state index in [1.165, 1.54) is 11.6 Å². The summed E-state index contributed by atoms with van der Waals surface area (Å²) in [6.45, 7) is 0. The zero-order valence-corrected chi connectivity index (χ0v) is 16.3. The first kappa shape index (κ1) is 21.2. The summed E-state index contributed by atoms with van der Waals surface area (Å²) < 4.78 is 45.3. The first-order valence-corrected chi connectivity index (χ1v) is 9.71. The molecule has 1 aliphatic rings. The smallest absolute Gasteiger partial charge is 0.400 e. The molecule has 3 rings (SSSR count). The Hall–Kier alpha value is -2.52. The monoisotopic (exact) mass is 445 g/mol. The molecule has 0 saturated carbocycles. The van der Waals surface area contributed by atoms with Crippen LogP contribution in [0.1, 0.15) is 23.2 Å². The molecular formula is C19H15ClF3NO4S. The van der Waals surface area contributed by atoms with Gasteiger partial charge in [0.05, 0.1) is 6.26 Å². The Kier molecular flexibility index (Phi) is 6.18. The second-order valence-electron chi connectivity index (χ2n) is 6.35. The Bertz CT molecular complexity index is 932. The molecule has 2 atom stereocenters. The van der Waals surface area contributed by atoms with Gasteiger partial charge < -0.3 is 15.2 Å². The molecular weight excluding hydrogens is 431 g/mol.